The van der Waals surface area contributed by atoms with Crippen molar-refractivity contribution in [3.63, 3.8) is 0 Å². The zero-order chi connectivity index (χ0) is 14.8. The van der Waals surface area contributed by atoms with Crippen LogP contribution < -0.4 is 0 Å². The van der Waals surface area contributed by atoms with E-state index in [-0.39, 0.29) is 23.4 Å². The predicted molar refractivity (Wildman–Crippen MR) is 74.8 cm³/mol. The smallest absolute Gasteiger partial charge is 0.308 e. The molecular weight excluding hydrogens is 242 g/mol. The molecular formula is C15H27NO3. The van der Waals surface area contributed by atoms with Crippen LogP contribution in [0.3, 0.4) is 0 Å². The molecule has 0 aliphatic carbocycles. The van der Waals surface area contributed by atoms with Crippen LogP contribution in [0.1, 0.15) is 60.3 Å². The van der Waals surface area contributed by atoms with E-state index in [2.05, 4.69) is 20.8 Å². The van der Waals surface area contributed by atoms with Crippen molar-refractivity contribution in [1.29, 1.82) is 0 Å². The van der Waals surface area contributed by atoms with Crippen LogP contribution in [0.15, 0.2) is 0 Å². The fourth-order valence-corrected chi connectivity index (χ4v) is 3.77. The lowest BCUT2D eigenvalue weighted by molar-refractivity contribution is -0.162. The van der Waals surface area contributed by atoms with Gasteiger partial charge in [0.2, 0.25) is 5.91 Å². The number of carbonyl (C=O) groups is 2. The molecule has 1 N–H and O–H groups in total. The molecule has 1 heterocycles. The molecule has 19 heavy (non-hydrogen) atoms. The van der Waals surface area contributed by atoms with Crippen LogP contribution in [-0.4, -0.2) is 33.5 Å². The van der Waals surface area contributed by atoms with Gasteiger partial charge in [0.1, 0.15) is 0 Å². The predicted octanol–water partition coefficient (Wildman–Crippen LogP) is 2.91. The molecule has 4 nitrogen and oxygen atoms in total. The lowest BCUT2D eigenvalue weighted by Gasteiger charge is -2.51. The van der Waals surface area contributed by atoms with E-state index in [1.807, 2.05) is 18.7 Å². The lowest BCUT2D eigenvalue weighted by atomic mass is 9.76. The fraction of sp³-hybridized carbons (Fsp3) is 0.867. The largest absolute Gasteiger partial charge is 0.481 e. The first-order valence-electron chi connectivity index (χ1n) is 7.39. The topological polar surface area (TPSA) is 57.6 Å². The van der Waals surface area contributed by atoms with Gasteiger partial charge >= 0.3 is 5.97 Å². The second-order valence-corrected chi connectivity index (χ2v) is 5.83. The number of hydrogen-bond acceptors (Lipinski definition) is 2. The summed E-state index contributed by atoms with van der Waals surface area (Å²) in [6.45, 7) is 10.0. The summed E-state index contributed by atoms with van der Waals surface area (Å²) in [5.74, 6) is -1.21. The summed E-state index contributed by atoms with van der Waals surface area (Å²) in [7, 11) is 0. The van der Waals surface area contributed by atoms with Gasteiger partial charge in [-0.1, -0.05) is 27.7 Å². The highest BCUT2D eigenvalue weighted by Gasteiger charge is 2.48. The molecule has 3 atom stereocenters. The second-order valence-electron chi connectivity index (χ2n) is 5.83. The number of hydrogen-bond donors (Lipinski definition) is 1. The molecule has 1 aliphatic rings. The van der Waals surface area contributed by atoms with Crippen molar-refractivity contribution < 1.29 is 14.7 Å². The Morgan fingerprint density at radius 3 is 2.11 bits per heavy atom. The maximum atomic E-state index is 12.4. The molecule has 0 bridgehead atoms. The minimum Gasteiger partial charge on any atom is -0.481 e. The zero-order valence-corrected chi connectivity index (χ0v) is 12.8. The summed E-state index contributed by atoms with van der Waals surface area (Å²) in [5.41, 5.74) is -0.190. The first-order chi connectivity index (χ1) is 8.84. The van der Waals surface area contributed by atoms with Gasteiger partial charge in [0.05, 0.1) is 5.92 Å². The molecule has 0 aromatic carbocycles. The van der Waals surface area contributed by atoms with Crippen LogP contribution in [0.5, 0.6) is 0 Å². The highest BCUT2D eigenvalue weighted by molar-refractivity contribution is 5.82. The number of carboxylic acids is 1. The monoisotopic (exact) mass is 269 g/mol. The third kappa shape index (κ3) is 2.63. The number of aliphatic carboxylic acids is 1. The Kier molecular flexibility index (Phi) is 4.99. The van der Waals surface area contributed by atoms with E-state index >= 15 is 0 Å². The Bertz CT molecular complexity index is 341. The number of likely N-dealkylation sites (tertiary alicyclic amines) is 1. The maximum absolute atomic E-state index is 12.4. The van der Waals surface area contributed by atoms with Crippen LogP contribution in [0, 0.1) is 11.8 Å². The molecule has 1 rings (SSSR count). The van der Waals surface area contributed by atoms with Crippen LogP contribution in [-0.2, 0) is 9.59 Å². The average Bonchev–Trinajstić information content (AvgIpc) is 2.33. The third-order valence-corrected chi connectivity index (χ3v) is 5.08. The van der Waals surface area contributed by atoms with Crippen molar-refractivity contribution in [3.05, 3.63) is 0 Å². The summed E-state index contributed by atoms with van der Waals surface area (Å²) in [4.78, 5) is 25.8. The Balaban J connectivity index is 3.17. The van der Waals surface area contributed by atoms with E-state index in [0.717, 1.165) is 19.3 Å². The summed E-state index contributed by atoms with van der Waals surface area (Å²) in [6, 6.07) is -0.228. The number of piperidine rings is 1. The number of nitrogens with zero attached hydrogens (tertiary/aromatic N) is 1. The molecule has 1 saturated heterocycles. The number of rotatable bonds is 5. The van der Waals surface area contributed by atoms with Crippen LogP contribution >= 0.6 is 0 Å². The normalized spacial score (nSPS) is 28.6. The minimum absolute atomic E-state index is 0.0838. The molecule has 1 amide bonds. The molecule has 0 saturated carbocycles. The van der Waals surface area contributed by atoms with Crippen LogP contribution in [0.4, 0.5) is 0 Å². The van der Waals surface area contributed by atoms with E-state index in [0.29, 0.717) is 6.42 Å². The number of carbonyl (C=O) groups excluding carboxylic acids is 1. The summed E-state index contributed by atoms with van der Waals surface area (Å²) in [5, 5.41) is 9.43. The van der Waals surface area contributed by atoms with Gasteiger partial charge in [0.25, 0.3) is 0 Å². The Labute approximate surface area is 116 Å². The molecule has 0 aromatic heterocycles. The van der Waals surface area contributed by atoms with Crippen LogP contribution in [0.2, 0.25) is 0 Å². The summed E-state index contributed by atoms with van der Waals surface area (Å²) < 4.78 is 0. The van der Waals surface area contributed by atoms with Crippen molar-refractivity contribution in [2.24, 2.45) is 11.8 Å². The molecule has 4 heteroatoms. The van der Waals surface area contributed by atoms with Gasteiger partial charge in [-0.25, -0.2) is 0 Å². The van der Waals surface area contributed by atoms with Crippen molar-refractivity contribution in [1.82, 2.24) is 4.90 Å². The van der Waals surface area contributed by atoms with Gasteiger partial charge < -0.3 is 10.0 Å². The van der Waals surface area contributed by atoms with E-state index in [9.17, 15) is 14.7 Å². The van der Waals surface area contributed by atoms with Crippen LogP contribution in [0.25, 0.3) is 0 Å². The van der Waals surface area contributed by atoms with Gasteiger partial charge in [0.15, 0.2) is 0 Å². The summed E-state index contributed by atoms with van der Waals surface area (Å²) >= 11 is 0. The van der Waals surface area contributed by atoms with Crippen molar-refractivity contribution >= 4 is 11.9 Å². The standard InChI is InChI=1S/C15H27NO3/c1-6-15(7-2,8-3)16-11(5)13(14(18)19)10(4)9-12(16)17/h10-11,13H,6-9H2,1-5H3,(H,18,19). The van der Waals surface area contributed by atoms with Gasteiger partial charge in [-0.2, -0.15) is 0 Å². The fourth-order valence-electron chi connectivity index (χ4n) is 3.77. The average molecular weight is 269 g/mol. The number of amides is 1. The van der Waals surface area contributed by atoms with E-state index in [1.54, 1.807) is 0 Å². The molecule has 3 unspecified atom stereocenters. The highest BCUT2D eigenvalue weighted by atomic mass is 16.4. The Hall–Kier alpha value is -1.06. The van der Waals surface area contributed by atoms with E-state index in [4.69, 9.17) is 0 Å². The van der Waals surface area contributed by atoms with E-state index in [1.165, 1.54) is 0 Å². The van der Waals surface area contributed by atoms with Gasteiger partial charge in [-0.3, -0.25) is 9.59 Å². The zero-order valence-electron chi connectivity index (χ0n) is 12.8. The molecule has 110 valence electrons. The number of carboxylic acid groups (broad SMARTS) is 1. The highest BCUT2D eigenvalue weighted by Crippen LogP contribution is 2.39. The maximum Gasteiger partial charge on any atom is 0.308 e. The van der Waals surface area contributed by atoms with Crippen molar-refractivity contribution in [2.45, 2.75) is 71.9 Å². The molecule has 0 aromatic rings. The Morgan fingerprint density at radius 2 is 1.74 bits per heavy atom. The quantitative estimate of drug-likeness (QED) is 0.835. The molecule has 1 aliphatic heterocycles. The lowest BCUT2D eigenvalue weighted by Crippen LogP contribution is -2.62. The molecule has 0 spiro atoms. The van der Waals surface area contributed by atoms with Gasteiger partial charge in [0, 0.05) is 18.0 Å². The first-order valence-corrected chi connectivity index (χ1v) is 7.39. The van der Waals surface area contributed by atoms with Crippen molar-refractivity contribution in [3.8, 4) is 0 Å². The van der Waals surface area contributed by atoms with Gasteiger partial charge in [-0.15, -0.1) is 0 Å². The molecule has 0 radical (unpaired) electrons. The van der Waals surface area contributed by atoms with Gasteiger partial charge in [-0.05, 0) is 32.1 Å². The van der Waals surface area contributed by atoms with Crippen molar-refractivity contribution in [2.75, 3.05) is 0 Å². The summed E-state index contributed by atoms with van der Waals surface area (Å²) in [6.07, 6.45) is 2.97. The van der Waals surface area contributed by atoms with E-state index < -0.39 is 11.9 Å². The molecule has 1 fully saturated rings. The second kappa shape index (κ2) is 5.93. The Morgan fingerprint density at radius 1 is 1.26 bits per heavy atom. The first kappa shape index (κ1) is 16.0. The SMILES string of the molecule is CCC(CC)(CC)N1C(=O)CC(C)C(C(=O)O)C1C. The minimum atomic E-state index is -0.783. The third-order valence-electron chi connectivity index (χ3n) is 5.08.